The predicted octanol–water partition coefficient (Wildman–Crippen LogP) is 4.06. The summed E-state index contributed by atoms with van der Waals surface area (Å²) in [5.74, 6) is 0. The van der Waals surface area contributed by atoms with Gasteiger partial charge in [0.25, 0.3) is 0 Å². The molecule has 0 aromatic heterocycles. The van der Waals surface area contributed by atoms with Gasteiger partial charge < -0.3 is 0 Å². The Morgan fingerprint density at radius 1 is 1.10 bits per heavy atom. The molecule has 0 bridgehead atoms. The van der Waals surface area contributed by atoms with Crippen LogP contribution in [0.3, 0.4) is 0 Å². The van der Waals surface area contributed by atoms with Crippen LogP contribution in [0, 0.1) is 0 Å². The van der Waals surface area contributed by atoms with Crippen LogP contribution >= 0.6 is 15.9 Å². The lowest BCUT2D eigenvalue weighted by Gasteiger charge is -2.42. The first-order valence-corrected chi connectivity index (χ1v) is 9.38. The highest BCUT2D eigenvalue weighted by molar-refractivity contribution is 9.10. The molecule has 1 aliphatic rings. The second-order valence-electron chi connectivity index (χ2n) is 7.08. The normalized spacial score (nSPS) is 20.5. The Balaban J connectivity index is 2.62. The molecule has 3 nitrogen and oxygen atoms in total. The molecule has 1 aromatic rings. The Labute approximate surface area is 135 Å². The lowest BCUT2D eigenvalue weighted by Crippen LogP contribution is -2.33. The zero-order valence-corrected chi connectivity index (χ0v) is 15.3. The van der Waals surface area contributed by atoms with E-state index >= 15 is 0 Å². The lowest BCUT2D eigenvalue weighted by molar-refractivity contribution is 0.331. The highest BCUT2D eigenvalue weighted by Crippen LogP contribution is 2.47. The summed E-state index contributed by atoms with van der Waals surface area (Å²) >= 11 is 3.55. The van der Waals surface area contributed by atoms with Crippen LogP contribution < -0.4 is 5.14 Å². The van der Waals surface area contributed by atoms with Crippen molar-refractivity contribution < 1.29 is 8.42 Å². The molecule has 1 aromatic carbocycles. The molecular formula is C16H22BrNO2S. The van der Waals surface area contributed by atoms with Gasteiger partial charge in [-0.2, -0.15) is 0 Å². The summed E-state index contributed by atoms with van der Waals surface area (Å²) < 4.78 is 23.1. The first kappa shape index (κ1) is 16.7. The van der Waals surface area contributed by atoms with E-state index in [4.69, 9.17) is 5.14 Å². The summed E-state index contributed by atoms with van der Waals surface area (Å²) in [4.78, 5) is 0. The van der Waals surface area contributed by atoms with Gasteiger partial charge in [-0.15, -0.1) is 0 Å². The molecule has 2 N–H and O–H groups in total. The van der Waals surface area contributed by atoms with Crippen molar-refractivity contribution in [1.29, 1.82) is 0 Å². The highest BCUT2D eigenvalue weighted by Gasteiger charge is 2.37. The topological polar surface area (TPSA) is 60.2 Å². The molecule has 0 amide bonds. The van der Waals surface area contributed by atoms with Crippen LogP contribution in [0.4, 0.5) is 0 Å². The molecule has 0 fully saturated rings. The highest BCUT2D eigenvalue weighted by atomic mass is 79.9. The fraction of sp³-hybridized carbons (Fsp3) is 0.500. The summed E-state index contributed by atoms with van der Waals surface area (Å²) in [6.07, 6.45) is 3.82. The number of hydrogen-bond acceptors (Lipinski definition) is 2. The minimum absolute atomic E-state index is 0.0930. The van der Waals surface area contributed by atoms with Gasteiger partial charge in [0.05, 0.1) is 0 Å². The maximum atomic E-state index is 11.1. The Morgan fingerprint density at radius 3 is 2.05 bits per heavy atom. The summed E-state index contributed by atoms with van der Waals surface area (Å²) in [7, 11) is -3.61. The van der Waals surface area contributed by atoms with Crippen LogP contribution in [0.15, 0.2) is 22.0 Å². The predicted molar refractivity (Wildman–Crippen MR) is 91.6 cm³/mol. The fourth-order valence-electron chi connectivity index (χ4n) is 2.90. The summed E-state index contributed by atoms with van der Waals surface area (Å²) in [6.45, 7) is 8.99. The number of fused-ring (bicyclic) bond motifs is 1. The molecule has 21 heavy (non-hydrogen) atoms. The molecule has 0 spiro atoms. The summed E-state index contributed by atoms with van der Waals surface area (Å²) in [5.41, 5.74) is 3.69. The fourth-order valence-corrected chi connectivity index (χ4v) is 3.71. The molecule has 5 heteroatoms. The SMILES string of the molecule is CC1(C)CCC(C)(C)c2cc(/C=C/S(N)(=O)=O)c(Br)cc21. The van der Waals surface area contributed by atoms with Crippen molar-refractivity contribution in [3.8, 4) is 0 Å². The van der Waals surface area contributed by atoms with Gasteiger partial charge in [0.15, 0.2) is 0 Å². The minimum Gasteiger partial charge on any atom is -0.225 e. The van der Waals surface area contributed by atoms with Crippen LogP contribution in [0.1, 0.15) is 57.2 Å². The number of benzene rings is 1. The molecule has 0 saturated carbocycles. The van der Waals surface area contributed by atoms with Crippen LogP contribution in [0.2, 0.25) is 0 Å². The van der Waals surface area contributed by atoms with E-state index in [1.807, 2.05) is 0 Å². The van der Waals surface area contributed by atoms with Gasteiger partial charge in [-0.05, 0) is 58.6 Å². The molecule has 0 atom stereocenters. The second kappa shape index (κ2) is 5.21. The molecule has 1 aliphatic carbocycles. The van der Waals surface area contributed by atoms with Gasteiger partial charge in [0.2, 0.25) is 10.0 Å². The Kier molecular flexibility index (Phi) is 4.15. The third-order valence-corrected chi connectivity index (χ3v) is 5.61. The van der Waals surface area contributed by atoms with Gasteiger partial charge in [-0.25, -0.2) is 13.6 Å². The molecular weight excluding hydrogens is 350 g/mol. The minimum atomic E-state index is -3.61. The number of sulfonamides is 1. The standard InChI is InChI=1S/C16H22BrNO2S/c1-15(2)6-7-16(3,4)13-10-14(17)11(9-12(13)15)5-8-21(18,19)20/h5,8-10H,6-7H2,1-4H3,(H2,18,19,20)/b8-5+. The Morgan fingerprint density at radius 2 is 1.57 bits per heavy atom. The van der Waals surface area contributed by atoms with Gasteiger partial charge in [-0.1, -0.05) is 43.6 Å². The van der Waals surface area contributed by atoms with E-state index in [1.165, 1.54) is 11.1 Å². The van der Waals surface area contributed by atoms with Gasteiger partial charge in [0, 0.05) is 9.88 Å². The quantitative estimate of drug-likeness (QED) is 0.851. The van der Waals surface area contributed by atoms with Crippen molar-refractivity contribution >= 4 is 32.0 Å². The van der Waals surface area contributed by atoms with Gasteiger partial charge in [0.1, 0.15) is 0 Å². The molecule has 0 saturated heterocycles. The number of nitrogens with two attached hydrogens (primary N) is 1. The Bertz CT molecular complexity index is 703. The van der Waals surface area contributed by atoms with E-state index in [9.17, 15) is 8.42 Å². The molecule has 2 rings (SSSR count). The molecule has 116 valence electrons. The number of halogens is 1. The Hall–Kier alpha value is -0.650. The van der Waals surface area contributed by atoms with Crippen molar-refractivity contribution in [2.45, 2.75) is 51.4 Å². The maximum Gasteiger partial charge on any atom is 0.231 e. The van der Waals surface area contributed by atoms with E-state index in [1.54, 1.807) is 6.08 Å². The van der Waals surface area contributed by atoms with Crippen LogP contribution in [-0.2, 0) is 20.9 Å². The van der Waals surface area contributed by atoms with E-state index in [2.05, 4.69) is 55.8 Å². The largest absolute Gasteiger partial charge is 0.231 e. The molecule has 0 aliphatic heterocycles. The van der Waals surface area contributed by atoms with Crippen LogP contribution in [0.5, 0.6) is 0 Å². The summed E-state index contributed by atoms with van der Waals surface area (Å²) in [5, 5.41) is 6.08. The second-order valence-corrected chi connectivity index (χ2v) is 9.38. The van der Waals surface area contributed by atoms with Crippen molar-refractivity contribution in [3.05, 3.63) is 38.7 Å². The van der Waals surface area contributed by atoms with E-state index in [-0.39, 0.29) is 10.8 Å². The smallest absolute Gasteiger partial charge is 0.225 e. The zero-order chi connectivity index (χ0) is 16.1. The van der Waals surface area contributed by atoms with Crippen molar-refractivity contribution in [3.63, 3.8) is 0 Å². The third-order valence-electron chi connectivity index (χ3n) is 4.41. The first-order valence-electron chi connectivity index (χ1n) is 6.98. The van der Waals surface area contributed by atoms with Gasteiger partial charge >= 0.3 is 0 Å². The number of primary sulfonamides is 1. The lowest BCUT2D eigenvalue weighted by atomic mass is 9.63. The van der Waals surface area contributed by atoms with E-state index in [0.29, 0.717) is 0 Å². The first-order chi connectivity index (χ1) is 9.42. The zero-order valence-electron chi connectivity index (χ0n) is 12.9. The molecule has 0 heterocycles. The van der Waals surface area contributed by atoms with Crippen LogP contribution in [0.25, 0.3) is 6.08 Å². The molecule has 0 unspecified atom stereocenters. The van der Waals surface area contributed by atoms with Crippen LogP contribution in [-0.4, -0.2) is 8.42 Å². The van der Waals surface area contributed by atoms with Crippen molar-refractivity contribution in [2.24, 2.45) is 5.14 Å². The van der Waals surface area contributed by atoms with E-state index in [0.717, 1.165) is 28.3 Å². The number of hydrogen-bond donors (Lipinski definition) is 1. The molecule has 0 radical (unpaired) electrons. The van der Waals surface area contributed by atoms with Crippen molar-refractivity contribution in [2.75, 3.05) is 0 Å². The average molecular weight is 372 g/mol. The number of rotatable bonds is 2. The average Bonchev–Trinajstić information content (AvgIpc) is 2.32. The summed E-state index contributed by atoms with van der Waals surface area (Å²) in [6, 6.07) is 4.21. The third kappa shape index (κ3) is 3.58. The van der Waals surface area contributed by atoms with E-state index < -0.39 is 10.0 Å². The van der Waals surface area contributed by atoms with Crippen molar-refractivity contribution in [1.82, 2.24) is 0 Å². The monoisotopic (exact) mass is 371 g/mol. The van der Waals surface area contributed by atoms with Gasteiger partial charge in [-0.3, -0.25) is 0 Å². The maximum absolute atomic E-state index is 11.1.